The molecule has 2 N–H and O–H groups in total. The number of hydrogen-bond donors (Lipinski definition) is 2. The molecule has 0 unspecified atom stereocenters. The van der Waals surface area contributed by atoms with Crippen molar-refractivity contribution in [2.45, 2.75) is 27.7 Å². The van der Waals surface area contributed by atoms with Crippen LogP contribution in [0.25, 0.3) is 0 Å². The molecule has 2 aromatic rings. The van der Waals surface area contributed by atoms with Crippen molar-refractivity contribution >= 4 is 23.2 Å². The lowest BCUT2D eigenvalue weighted by atomic mass is 9.90. The Morgan fingerprint density at radius 1 is 0.783 bits per heavy atom. The highest BCUT2D eigenvalue weighted by Gasteiger charge is 2.36. The quantitative estimate of drug-likeness (QED) is 0.841. The van der Waals surface area contributed by atoms with Crippen molar-refractivity contribution in [3.8, 4) is 0 Å². The molecule has 4 heteroatoms. The van der Waals surface area contributed by atoms with Gasteiger partial charge in [0.25, 0.3) is 0 Å². The van der Waals surface area contributed by atoms with Gasteiger partial charge in [0.2, 0.25) is 11.8 Å². The van der Waals surface area contributed by atoms with Gasteiger partial charge in [0.15, 0.2) is 0 Å². The van der Waals surface area contributed by atoms with Crippen LogP contribution in [-0.2, 0) is 9.59 Å². The molecule has 0 aliphatic heterocycles. The summed E-state index contributed by atoms with van der Waals surface area (Å²) < 4.78 is 0. The predicted octanol–water partition coefficient (Wildman–Crippen LogP) is 3.91. The molecule has 0 aliphatic rings. The van der Waals surface area contributed by atoms with Gasteiger partial charge in [-0.2, -0.15) is 0 Å². The van der Waals surface area contributed by atoms with E-state index in [9.17, 15) is 9.59 Å². The minimum Gasteiger partial charge on any atom is -0.325 e. The maximum Gasteiger partial charge on any atom is 0.239 e. The summed E-state index contributed by atoms with van der Waals surface area (Å²) in [4.78, 5) is 24.9. The minimum absolute atomic E-state index is 0.340. The van der Waals surface area contributed by atoms with Crippen LogP contribution in [0.3, 0.4) is 0 Å². The van der Waals surface area contributed by atoms with Crippen LogP contribution >= 0.6 is 0 Å². The minimum atomic E-state index is -1.19. The van der Waals surface area contributed by atoms with Gasteiger partial charge in [0.1, 0.15) is 5.41 Å². The second-order valence-electron chi connectivity index (χ2n) is 6.27. The number of carbonyl (C=O) groups is 2. The molecule has 0 atom stereocenters. The van der Waals surface area contributed by atoms with E-state index in [1.54, 1.807) is 26.0 Å². The second kappa shape index (κ2) is 6.65. The van der Waals surface area contributed by atoms with E-state index in [1.165, 1.54) is 0 Å². The SMILES string of the molecule is Cc1cccc(NC(=O)C(C)(C)C(=O)Nc2cccc(C)c2)c1. The van der Waals surface area contributed by atoms with E-state index < -0.39 is 5.41 Å². The summed E-state index contributed by atoms with van der Waals surface area (Å²) in [5, 5.41) is 5.60. The summed E-state index contributed by atoms with van der Waals surface area (Å²) in [5.41, 5.74) is 2.28. The van der Waals surface area contributed by atoms with E-state index >= 15 is 0 Å². The molecule has 4 nitrogen and oxygen atoms in total. The molecule has 0 radical (unpaired) electrons. The highest BCUT2D eigenvalue weighted by molar-refractivity contribution is 6.14. The van der Waals surface area contributed by atoms with Crippen molar-refractivity contribution in [2.24, 2.45) is 5.41 Å². The Hall–Kier alpha value is -2.62. The Labute approximate surface area is 136 Å². The zero-order valence-corrected chi connectivity index (χ0v) is 13.9. The first-order chi connectivity index (χ1) is 10.8. The Kier molecular flexibility index (Phi) is 4.84. The van der Waals surface area contributed by atoms with Gasteiger partial charge in [0, 0.05) is 11.4 Å². The van der Waals surface area contributed by atoms with E-state index in [0.717, 1.165) is 11.1 Å². The number of amides is 2. The van der Waals surface area contributed by atoms with Crippen LogP contribution in [0.15, 0.2) is 48.5 Å². The number of benzene rings is 2. The van der Waals surface area contributed by atoms with Crippen LogP contribution in [0.5, 0.6) is 0 Å². The van der Waals surface area contributed by atoms with Crippen molar-refractivity contribution in [1.29, 1.82) is 0 Å². The van der Waals surface area contributed by atoms with Gasteiger partial charge in [-0.1, -0.05) is 24.3 Å². The zero-order valence-electron chi connectivity index (χ0n) is 13.9. The van der Waals surface area contributed by atoms with Crippen LogP contribution < -0.4 is 10.6 Å². The number of carbonyl (C=O) groups excluding carboxylic acids is 2. The normalized spacial score (nSPS) is 11.0. The molecule has 0 spiro atoms. The Bertz CT molecular complexity index is 674. The first kappa shape index (κ1) is 16.7. The van der Waals surface area contributed by atoms with E-state index in [1.807, 2.05) is 50.2 Å². The van der Waals surface area contributed by atoms with E-state index in [4.69, 9.17) is 0 Å². The third-order valence-corrected chi connectivity index (χ3v) is 3.69. The van der Waals surface area contributed by atoms with Gasteiger partial charge in [0.05, 0.1) is 0 Å². The third-order valence-electron chi connectivity index (χ3n) is 3.69. The average molecular weight is 310 g/mol. The fourth-order valence-corrected chi connectivity index (χ4v) is 2.12. The fourth-order valence-electron chi connectivity index (χ4n) is 2.12. The van der Waals surface area contributed by atoms with Crippen LogP contribution in [-0.4, -0.2) is 11.8 Å². The van der Waals surface area contributed by atoms with Gasteiger partial charge in [-0.3, -0.25) is 9.59 Å². The lowest BCUT2D eigenvalue weighted by molar-refractivity contribution is -0.135. The van der Waals surface area contributed by atoms with Crippen LogP contribution in [0.4, 0.5) is 11.4 Å². The van der Waals surface area contributed by atoms with Crippen molar-refractivity contribution in [3.63, 3.8) is 0 Å². The molecule has 2 amide bonds. The molecule has 23 heavy (non-hydrogen) atoms. The van der Waals surface area contributed by atoms with Gasteiger partial charge in [-0.25, -0.2) is 0 Å². The van der Waals surface area contributed by atoms with Crippen molar-refractivity contribution in [1.82, 2.24) is 0 Å². The Balaban J connectivity index is 2.09. The van der Waals surface area contributed by atoms with Gasteiger partial charge in [-0.15, -0.1) is 0 Å². The molecule has 0 saturated carbocycles. The molecular formula is C19H22N2O2. The fraction of sp³-hybridized carbons (Fsp3) is 0.263. The van der Waals surface area contributed by atoms with Crippen molar-refractivity contribution in [2.75, 3.05) is 10.6 Å². The standard InChI is InChI=1S/C19H22N2O2/c1-13-7-5-9-15(11-13)20-17(22)19(3,4)18(23)21-16-10-6-8-14(2)12-16/h5-12H,1-4H3,(H,20,22)(H,21,23). The molecule has 120 valence electrons. The summed E-state index contributed by atoms with van der Waals surface area (Å²) in [5.74, 6) is -0.679. The third kappa shape index (κ3) is 4.19. The van der Waals surface area contributed by atoms with Gasteiger partial charge in [-0.05, 0) is 63.1 Å². The molecule has 0 bridgehead atoms. The number of hydrogen-bond acceptors (Lipinski definition) is 2. The number of aryl methyl sites for hydroxylation is 2. The van der Waals surface area contributed by atoms with E-state index in [2.05, 4.69) is 10.6 Å². The summed E-state index contributed by atoms with van der Waals surface area (Å²) >= 11 is 0. The molecule has 0 heterocycles. The summed E-state index contributed by atoms with van der Waals surface area (Å²) in [7, 11) is 0. The number of nitrogens with one attached hydrogen (secondary N) is 2. The molecular weight excluding hydrogens is 288 g/mol. The maximum absolute atomic E-state index is 12.5. The molecule has 2 aromatic carbocycles. The van der Waals surface area contributed by atoms with Crippen molar-refractivity contribution < 1.29 is 9.59 Å². The molecule has 2 rings (SSSR count). The Morgan fingerprint density at radius 3 is 1.52 bits per heavy atom. The Morgan fingerprint density at radius 2 is 1.17 bits per heavy atom. The first-order valence-corrected chi connectivity index (χ1v) is 7.55. The molecule has 0 saturated heterocycles. The van der Waals surface area contributed by atoms with Crippen LogP contribution in [0.2, 0.25) is 0 Å². The molecule has 0 aromatic heterocycles. The summed E-state index contributed by atoms with van der Waals surface area (Å²) in [6.07, 6.45) is 0. The summed E-state index contributed by atoms with van der Waals surface area (Å²) in [6.45, 7) is 7.13. The maximum atomic E-state index is 12.5. The van der Waals surface area contributed by atoms with E-state index in [-0.39, 0.29) is 11.8 Å². The highest BCUT2D eigenvalue weighted by Crippen LogP contribution is 2.22. The lowest BCUT2D eigenvalue weighted by Gasteiger charge is -2.23. The topological polar surface area (TPSA) is 58.2 Å². The monoisotopic (exact) mass is 310 g/mol. The van der Waals surface area contributed by atoms with Crippen LogP contribution in [0, 0.1) is 19.3 Å². The van der Waals surface area contributed by atoms with Gasteiger partial charge >= 0.3 is 0 Å². The number of anilines is 2. The van der Waals surface area contributed by atoms with Gasteiger partial charge < -0.3 is 10.6 Å². The molecule has 0 fully saturated rings. The summed E-state index contributed by atoms with van der Waals surface area (Å²) in [6, 6.07) is 15.0. The second-order valence-corrected chi connectivity index (χ2v) is 6.27. The number of rotatable bonds is 4. The van der Waals surface area contributed by atoms with E-state index in [0.29, 0.717) is 11.4 Å². The average Bonchev–Trinajstić information content (AvgIpc) is 2.47. The predicted molar refractivity (Wildman–Crippen MR) is 93.4 cm³/mol. The largest absolute Gasteiger partial charge is 0.325 e. The first-order valence-electron chi connectivity index (χ1n) is 7.55. The zero-order chi connectivity index (χ0) is 17.0. The van der Waals surface area contributed by atoms with Crippen LogP contribution in [0.1, 0.15) is 25.0 Å². The lowest BCUT2D eigenvalue weighted by Crippen LogP contribution is -2.41. The smallest absolute Gasteiger partial charge is 0.239 e. The van der Waals surface area contributed by atoms with Crippen molar-refractivity contribution in [3.05, 3.63) is 59.7 Å². The highest BCUT2D eigenvalue weighted by atomic mass is 16.2. The molecule has 0 aliphatic carbocycles.